The highest BCUT2D eigenvalue weighted by atomic mass is 79.9. The molecule has 4 rings (SSSR count). The summed E-state index contributed by atoms with van der Waals surface area (Å²) >= 11 is 3.27. The molecule has 0 radical (unpaired) electrons. The van der Waals surface area contributed by atoms with Crippen LogP contribution in [0.1, 0.15) is 40.1 Å². The summed E-state index contributed by atoms with van der Waals surface area (Å²) in [5.74, 6) is -2.05. The van der Waals surface area contributed by atoms with Gasteiger partial charge in [-0.3, -0.25) is 9.78 Å². The van der Waals surface area contributed by atoms with Gasteiger partial charge in [0.05, 0.1) is 33.9 Å². The van der Waals surface area contributed by atoms with Crippen LogP contribution >= 0.6 is 15.9 Å². The van der Waals surface area contributed by atoms with E-state index in [-0.39, 0.29) is 29.2 Å². The standard InChI is InChI=1S/C24H17BrF5N5O/c1-12(18-5-3-16(26)8-20(18)27)35(11-17-4-2-15(10-32-17)24(28,29)30)23(36)14-6-13-7-19(25)21(31)34-22(13)33-9-14/h2-10,12H,11H2,1H3,(H2,31,33,34). The molecule has 6 nitrogen and oxygen atoms in total. The number of anilines is 1. The number of amides is 1. The second-order valence-corrected chi connectivity index (χ2v) is 8.79. The Morgan fingerprint density at radius 3 is 2.47 bits per heavy atom. The van der Waals surface area contributed by atoms with E-state index < -0.39 is 35.3 Å². The molecular formula is C24H17BrF5N5O. The Morgan fingerprint density at radius 2 is 1.83 bits per heavy atom. The molecule has 186 valence electrons. The number of benzene rings is 1. The van der Waals surface area contributed by atoms with E-state index in [1.807, 2.05) is 0 Å². The Labute approximate surface area is 210 Å². The highest BCUT2D eigenvalue weighted by Gasteiger charge is 2.31. The third kappa shape index (κ3) is 5.27. The largest absolute Gasteiger partial charge is 0.417 e. The molecule has 0 aliphatic carbocycles. The number of hydrogen-bond acceptors (Lipinski definition) is 5. The van der Waals surface area contributed by atoms with Crippen molar-refractivity contribution in [2.24, 2.45) is 0 Å². The van der Waals surface area contributed by atoms with Crippen LogP contribution in [0.4, 0.5) is 27.8 Å². The first-order valence-electron chi connectivity index (χ1n) is 10.4. The number of nitrogens with two attached hydrogens (primary N) is 1. The molecule has 12 heteroatoms. The summed E-state index contributed by atoms with van der Waals surface area (Å²) in [7, 11) is 0. The lowest BCUT2D eigenvalue weighted by Crippen LogP contribution is -2.34. The minimum Gasteiger partial charge on any atom is -0.383 e. The molecule has 0 saturated heterocycles. The predicted octanol–water partition coefficient (Wildman–Crippen LogP) is 6.07. The Balaban J connectivity index is 1.74. The Morgan fingerprint density at radius 1 is 1.08 bits per heavy atom. The highest BCUT2D eigenvalue weighted by molar-refractivity contribution is 9.10. The Hall–Kier alpha value is -3.67. The smallest absolute Gasteiger partial charge is 0.383 e. The SMILES string of the molecule is CC(c1ccc(F)cc1F)N(Cc1ccc(C(F)(F)F)cn1)C(=O)c1cnc2nc(N)c(Br)cc2c1. The van der Waals surface area contributed by atoms with E-state index in [2.05, 4.69) is 30.9 Å². The van der Waals surface area contributed by atoms with Crippen LogP contribution in [0.2, 0.25) is 0 Å². The number of hydrogen-bond donors (Lipinski definition) is 1. The molecule has 36 heavy (non-hydrogen) atoms. The normalized spacial score (nSPS) is 12.5. The van der Waals surface area contributed by atoms with Crippen molar-refractivity contribution in [2.45, 2.75) is 25.7 Å². The molecular weight excluding hydrogens is 549 g/mol. The van der Waals surface area contributed by atoms with Crippen molar-refractivity contribution in [1.29, 1.82) is 0 Å². The van der Waals surface area contributed by atoms with Crippen molar-refractivity contribution in [3.8, 4) is 0 Å². The van der Waals surface area contributed by atoms with Gasteiger partial charge in [-0.05, 0) is 53.2 Å². The van der Waals surface area contributed by atoms with Crippen LogP contribution in [-0.4, -0.2) is 25.8 Å². The Bertz CT molecular complexity index is 1450. The van der Waals surface area contributed by atoms with Gasteiger partial charge in [-0.25, -0.2) is 18.7 Å². The third-order valence-corrected chi connectivity index (χ3v) is 6.16. The van der Waals surface area contributed by atoms with Crippen molar-refractivity contribution >= 4 is 38.7 Å². The van der Waals surface area contributed by atoms with E-state index in [0.29, 0.717) is 27.8 Å². The number of halogens is 6. The maximum atomic E-state index is 14.6. The number of pyridine rings is 3. The van der Waals surface area contributed by atoms with Gasteiger partial charge in [0.1, 0.15) is 17.5 Å². The number of carbonyl (C=O) groups is 1. The lowest BCUT2D eigenvalue weighted by atomic mass is 10.0. The quantitative estimate of drug-likeness (QED) is 0.297. The van der Waals surface area contributed by atoms with Gasteiger partial charge in [-0.15, -0.1) is 0 Å². The maximum absolute atomic E-state index is 14.6. The molecule has 1 atom stereocenters. The van der Waals surface area contributed by atoms with Crippen molar-refractivity contribution in [2.75, 3.05) is 5.73 Å². The number of carbonyl (C=O) groups excluding carboxylic acids is 1. The first-order valence-corrected chi connectivity index (χ1v) is 11.2. The van der Waals surface area contributed by atoms with Gasteiger partial charge in [0.15, 0.2) is 5.65 Å². The number of alkyl halides is 3. The summed E-state index contributed by atoms with van der Waals surface area (Å²) in [6.07, 6.45) is -2.65. The molecule has 0 saturated carbocycles. The van der Waals surface area contributed by atoms with Crippen molar-refractivity contribution in [3.63, 3.8) is 0 Å². The zero-order valence-corrected chi connectivity index (χ0v) is 20.1. The monoisotopic (exact) mass is 565 g/mol. The molecule has 0 aliphatic rings. The average Bonchev–Trinajstić information content (AvgIpc) is 2.82. The molecule has 0 bridgehead atoms. The molecule has 3 heterocycles. The number of rotatable bonds is 5. The number of aromatic nitrogens is 3. The van der Waals surface area contributed by atoms with E-state index >= 15 is 0 Å². The van der Waals surface area contributed by atoms with Gasteiger partial charge < -0.3 is 10.6 Å². The molecule has 4 aromatic rings. The van der Waals surface area contributed by atoms with E-state index in [1.54, 1.807) is 6.07 Å². The summed E-state index contributed by atoms with van der Waals surface area (Å²) in [4.78, 5) is 26.9. The fourth-order valence-corrected chi connectivity index (χ4v) is 3.92. The first kappa shape index (κ1) is 25.4. The summed E-state index contributed by atoms with van der Waals surface area (Å²) in [6, 6.07) is 7.15. The molecule has 0 spiro atoms. The van der Waals surface area contributed by atoms with Crippen LogP contribution in [0.5, 0.6) is 0 Å². The van der Waals surface area contributed by atoms with Crippen LogP contribution in [0.3, 0.4) is 0 Å². The van der Waals surface area contributed by atoms with Crippen LogP contribution in [0.25, 0.3) is 11.0 Å². The zero-order chi connectivity index (χ0) is 26.2. The van der Waals surface area contributed by atoms with Gasteiger partial charge in [-0.2, -0.15) is 13.2 Å². The zero-order valence-electron chi connectivity index (χ0n) is 18.5. The van der Waals surface area contributed by atoms with Crippen LogP contribution in [-0.2, 0) is 12.7 Å². The number of nitrogens with zero attached hydrogens (tertiary/aromatic N) is 4. The van der Waals surface area contributed by atoms with Gasteiger partial charge in [0.25, 0.3) is 5.91 Å². The molecule has 1 amide bonds. The number of nitrogen functional groups attached to an aromatic ring is 1. The minimum absolute atomic E-state index is 0.0163. The third-order valence-electron chi connectivity index (χ3n) is 5.52. The minimum atomic E-state index is -4.58. The fourth-order valence-electron chi connectivity index (χ4n) is 3.59. The second-order valence-electron chi connectivity index (χ2n) is 7.94. The maximum Gasteiger partial charge on any atom is 0.417 e. The summed E-state index contributed by atoms with van der Waals surface area (Å²) in [6.45, 7) is 1.27. The second kappa shape index (κ2) is 9.76. The van der Waals surface area contributed by atoms with Gasteiger partial charge in [0, 0.05) is 29.4 Å². The van der Waals surface area contributed by atoms with E-state index in [9.17, 15) is 26.7 Å². The lowest BCUT2D eigenvalue weighted by molar-refractivity contribution is -0.137. The predicted molar refractivity (Wildman–Crippen MR) is 126 cm³/mol. The fraction of sp³-hybridized carbons (Fsp3) is 0.167. The van der Waals surface area contributed by atoms with Gasteiger partial charge in [-0.1, -0.05) is 6.07 Å². The van der Waals surface area contributed by atoms with E-state index in [1.165, 1.54) is 30.2 Å². The molecule has 0 aliphatic heterocycles. The molecule has 0 fully saturated rings. The molecule has 1 unspecified atom stereocenters. The molecule has 1 aromatic carbocycles. The highest BCUT2D eigenvalue weighted by Crippen LogP contribution is 2.31. The summed E-state index contributed by atoms with van der Waals surface area (Å²) in [5, 5.41) is 0.496. The van der Waals surface area contributed by atoms with Crippen LogP contribution in [0, 0.1) is 11.6 Å². The lowest BCUT2D eigenvalue weighted by Gasteiger charge is -2.30. The van der Waals surface area contributed by atoms with Crippen molar-refractivity contribution in [1.82, 2.24) is 19.9 Å². The topological polar surface area (TPSA) is 85.0 Å². The van der Waals surface area contributed by atoms with Gasteiger partial charge >= 0.3 is 6.18 Å². The van der Waals surface area contributed by atoms with E-state index in [0.717, 1.165) is 18.2 Å². The van der Waals surface area contributed by atoms with Crippen LogP contribution < -0.4 is 5.73 Å². The Kier molecular flexibility index (Phi) is 6.90. The first-order chi connectivity index (χ1) is 16.9. The molecule has 3 aromatic heterocycles. The summed E-state index contributed by atoms with van der Waals surface area (Å²) < 4.78 is 67.4. The van der Waals surface area contributed by atoms with Crippen LogP contribution in [0.15, 0.2) is 59.3 Å². The van der Waals surface area contributed by atoms with Crippen molar-refractivity contribution in [3.05, 3.63) is 93.3 Å². The van der Waals surface area contributed by atoms with E-state index in [4.69, 9.17) is 5.73 Å². The van der Waals surface area contributed by atoms with Gasteiger partial charge in [0.2, 0.25) is 0 Å². The summed E-state index contributed by atoms with van der Waals surface area (Å²) in [5.41, 5.74) is 5.38. The average molecular weight is 566 g/mol. The number of fused-ring (bicyclic) bond motifs is 1. The molecule has 2 N–H and O–H groups in total. The van der Waals surface area contributed by atoms with Crippen molar-refractivity contribution < 1.29 is 26.7 Å².